The number of hydrogen-bond donors (Lipinski definition) is 1. The second-order valence-electron chi connectivity index (χ2n) is 5.02. The zero-order valence-corrected chi connectivity index (χ0v) is 10.6. The Bertz CT molecular complexity index is 253. The quantitative estimate of drug-likeness (QED) is 0.542. The molecule has 4 heteroatoms. The molecule has 2 unspecified atom stereocenters. The molecule has 1 aliphatic carbocycles. The average Bonchev–Trinajstić information content (AvgIpc) is 3.06. The molecule has 0 aromatic carbocycles. The molecule has 1 heterocycles. The SMILES string of the molecule is CCCCOC(=O)CNC1CCOC1C1CC1. The Kier molecular flexibility index (Phi) is 4.80. The van der Waals surface area contributed by atoms with Gasteiger partial charge in [0.1, 0.15) is 0 Å². The Morgan fingerprint density at radius 3 is 2.94 bits per heavy atom. The van der Waals surface area contributed by atoms with E-state index in [4.69, 9.17) is 9.47 Å². The Balaban J connectivity index is 1.61. The normalized spacial score (nSPS) is 28.3. The summed E-state index contributed by atoms with van der Waals surface area (Å²) in [5.41, 5.74) is 0. The first kappa shape index (κ1) is 12.8. The summed E-state index contributed by atoms with van der Waals surface area (Å²) < 4.78 is 10.8. The first-order valence-electron chi connectivity index (χ1n) is 6.82. The lowest BCUT2D eigenvalue weighted by Crippen LogP contribution is -2.40. The van der Waals surface area contributed by atoms with Crippen molar-refractivity contribution in [3.63, 3.8) is 0 Å². The summed E-state index contributed by atoms with van der Waals surface area (Å²) in [5, 5.41) is 3.28. The summed E-state index contributed by atoms with van der Waals surface area (Å²) in [7, 11) is 0. The Labute approximate surface area is 103 Å². The summed E-state index contributed by atoms with van der Waals surface area (Å²) in [6, 6.07) is 0.348. The van der Waals surface area contributed by atoms with Crippen LogP contribution in [0.25, 0.3) is 0 Å². The van der Waals surface area contributed by atoms with Crippen molar-refractivity contribution >= 4 is 5.97 Å². The van der Waals surface area contributed by atoms with E-state index in [1.165, 1.54) is 12.8 Å². The molecule has 1 N–H and O–H groups in total. The zero-order chi connectivity index (χ0) is 12.1. The van der Waals surface area contributed by atoms with Crippen LogP contribution in [0.3, 0.4) is 0 Å². The number of hydrogen-bond acceptors (Lipinski definition) is 4. The second kappa shape index (κ2) is 6.36. The van der Waals surface area contributed by atoms with Crippen LogP contribution < -0.4 is 5.32 Å². The van der Waals surface area contributed by atoms with Gasteiger partial charge in [-0.2, -0.15) is 0 Å². The van der Waals surface area contributed by atoms with Crippen LogP contribution >= 0.6 is 0 Å². The molecule has 17 heavy (non-hydrogen) atoms. The third-order valence-corrected chi connectivity index (χ3v) is 3.49. The van der Waals surface area contributed by atoms with Gasteiger partial charge in [0.05, 0.1) is 19.3 Å². The first-order valence-corrected chi connectivity index (χ1v) is 6.82. The minimum absolute atomic E-state index is 0.139. The smallest absolute Gasteiger partial charge is 0.319 e. The number of carbonyl (C=O) groups is 1. The van der Waals surface area contributed by atoms with Gasteiger partial charge in [0.25, 0.3) is 0 Å². The second-order valence-corrected chi connectivity index (χ2v) is 5.02. The van der Waals surface area contributed by atoms with Gasteiger partial charge in [-0.25, -0.2) is 0 Å². The van der Waals surface area contributed by atoms with Crippen molar-refractivity contribution in [2.45, 2.75) is 51.2 Å². The van der Waals surface area contributed by atoms with Crippen LogP contribution in [0, 0.1) is 5.92 Å². The van der Waals surface area contributed by atoms with Crippen LogP contribution in [-0.2, 0) is 14.3 Å². The van der Waals surface area contributed by atoms with Crippen molar-refractivity contribution in [1.29, 1.82) is 0 Å². The van der Waals surface area contributed by atoms with Gasteiger partial charge < -0.3 is 14.8 Å². The summed E-state index contributed by atoms with van der Waals surface area (Å²) >= 11 is 0. The number of unbranched alkanes of at least 4 members (excludes halogenated alkanes) is 1. The molecule has 0 spiro atoms. The summed E-state index contributed by atoms with van der Waals surface area (Å²) in [6.07, 6.45) is 5.92. The number of nitrogens with one attached hydrogen (secondary N) is 1. The lowest BCUT2D eigenvalue weighted by Gasteiger charge is -2.18. The molecular formula is C13H23NO3. The molecule has 1 saturated carbocycles. The van der Waals surface area contributed by atoms with Gasteiger partial charge in [-0.05, 0) is 31.6 Å². The molecule has 2 atom stereocenters. The maximum Gasteiger partial charge on any atom is 0.319 e. The van der Waals surface area contributed by atoms with E-state index in [-0.39, 0.29) is 5.97 Å². The van der Waals surface area contributed by atoms with Gasteiger partial charge in [-0.3, -0.25) is 4.79 Å². The van der Waals surface area contributed by atoms with E-state index in [9.17, 15) is 4.79 Å². The Morgan fingerprint density at radius 1 is 1.41 bits per heavy atom. The highest BCUT2D eigenvalue weighted by Gasteiger charge is 2.40. The van der Waals surface area contributed by atoms with E-state index < -0.39 is 0 Å². The highest BCUT2D eigenvalue weighted by atomic mass is 16.5. The van der Waals surface area contributed by atoms with Crippen LogP contribution in [0.4, 0.5) is 0 Å². The van der Waals surface area contributed by atoms with E-state index in [2.05, 4.69) is 12.2 Å². The predicted octanol–water partition coefficient (Wildman–Crippen LogP) is 1.49. The first-order chi connectivity index (χ1) is 8.31. The molecular weight excluding hydrogens is 218 g/mol. The van der Waals surface area contributed by atoms with Crippen LogP contribution in [0.1, 0.15) is 39.0 Å². The van der Waals surface area contributed by atoms with Gasteiger partial charge in [0, 0.05) is 12.6 Å². The van der Waals surface area contributed by atoms with Crippen LogP contribution in [-0.4, -0.2) is 37.9 Å². The molecule has 0 aromatic rings. The fourth-order valence-electron chi connectivity index (χ4n) is 2.31. The van der Waals surface area contributed by atoms with Crippen molar-refractivity contribution in [2.24, 2.45) is 5.92 Å². The standard InChI is InChI=1S/C13H23NO3/c1-2-3-7-16-12(15)9-14-11-6-8-17-13(11)10-4-5-10/h10-11,13-14H,2-9H2,1H3. The number of esters is 1. The lowest BCUT2D eigenvalue weighted by atomic mass is 10.1. The molecule has 0 bridgehead atoms. The molecule has 2 fully saturated rings. The lowest BCUT2D eigenvalue weighted by molar-refractivity contribution is -0.142. The molecule has 4 nitrogen and oxygen atoms in total. The monoisotopic (exact) mass is 241 g/mol. The predicted molar refractivity (Wildman–Crippen MR) is 64.7 cm³/mol. The topological polar surface area (TPSA) is 47.6 Å². The highest BCUT2D eigenvalue weighted by molar-refractivity contribution is 5.71. The maximum atomic E-state index is 11.4. The van der Waals surface area contributed by atoms with Crippen molar-refractivity contribution < 1.29 is 14.3 Å². The van der Waals surface area contributed by atoms with Crippen molar-refractivity contribution in [3.8, 4) is 0 Å². The molecule has 1 saturated heterocycles. The van der Waals surface area contributed by atoms with Crippen molar-refractivity contribution in [2.75, 3.05) is 19.8 Å². The van der Waals surface area contributed by atoms with Gasteiger partial charge >= 0.3 is 5.97 Å². The van der Waals surface area contributed by atoms with Gasteiger partial charge in [-0.15, -0.1) is 0 Å². The zero-order valence-electron chi connectivity index (χ0n) is 10.6. The van der Waals surface area contributed by atoms with E-state index >= 15 is 0 Å². The molecule has 1 aliphatic heterocycles. The summed E-state index contributed by atoms with van der Waals surface area (Å²) in [4.78, 5) is 11.4. The minimum Gasteiger partial charge on any atom is -0.465 e. The van der Waals surface area contributed by atoms with E-state index in [1.54, 1.807) is 0 Å². The fraction of sp³-hybridized carbons (Fsp3) is 0.923. The Hall–Kier alpha value is -0.610. The molecule has 2 rings (SSSR count). The minimum atomic E-state index is -0.139. The van der Waals surface area contributed by atoms with Crippen LogP contribution in [0.2, 0.25) is 0 Å². The van der Waals surface area contributed by atoms with Gasteiger partial charge in [0.15, 0.2) is 0 Å². The fourth-order valence-corrected chi connectivity index (χ4v) is 2.31. The highest BCUT2D eigenvalue weighted by Crippen LogP contribution is 2.38. The summed E-state index contributed by atoms with van der Waals surface area (Å²) in [5.74, 6) is 0.589. The van der Waals surface area contributed by atoms with Gasteiger partial charge in [0.2, 0.25) is 0 Å². The maximum absolute atomic E-state index is 11.4. The van der Waals surface area contributed by atoms with Gasteiger partial charge in [-0.1, -0.05) is 13.3 Å². The van der Waals surface area contributed by atoms with Crippen LogP contribution in [0.5, 0.6) is 0 Å². The van der Waals surface area contributed by atoms with E-state index in [0.717, 1.165) is 31.8 Å². The largest absolute Gasteiger partial charge is 0.465 e. The molecule has 0 amide bonds. The van der Waals surface area contributed by atoms with Crippen LogP contribution in [0.15, 0.2) is 0 Å². The van der Waals surface area contributed by atoms with E-state index in [0.29, 0.717) is 25.3 Å². The van der Waals surface area contributed by atoms with Crippen molar-refractivity contribution in [3.05, 3.63) is 0 Å². The average molecular weight is 241 g/mol. The number of rotatable bonds is 7. The molecule has 2 aliphatic rings. The van der Waals surface area contributed by atoms with Crippen molar-refractivity contribution in [1.82, 2.24) is 5.32 Å². The number of carbonyl (C=O) groups excluding carboxylic acids is 1. The van der Waals surface area contributed by atoms with E-state index in [1.807, 2.05) is 0 Å². The third-order valence-electron chi connectivity index (χ3n) is 3.49. The Morgan fingerprint density at radius 2 is 2.24 bits per heavy atom. The molecule has 0 aromatic heterocycles. The third kappa shape index (κ3) is 3.96. The summed E-state index contributed by atoms with van der Waals surface area (Å²) in [6.45, 7) is 3.77. The number of ether oxygens (including phenoxy) is 2. The molecule has 0 radical (unpaired) electrons. The molecule has 98 valence electrons.